The summed E-state index contributed by atoms with van der Waals surface area (Å²) < 4.78 is 5.35. The molecule has 1 aromatic rings. The fourth-order valence-electron chi connectivity index (χ4n) is 2.02. The molecule has 1 fully saturated rings. The average molecular weight is 256 g/mol. The summed E-state index contributed by atoms with van der Waals surface area (Å²) in [6, 6.07) is 0. The zero-order valence-corrected chi connectivity index (χ0v) is 10.8. The zero-order chi connectivity index (χ0) is 12.4. The highest BCUT2D eigenvalue weighted by Crippen LogP contribution is 2.28. The Morgan fingerprint density at radius 3 is 3.00 bits per heavy atom. The quantitative estimate of drug-likeness (QED) is 0.893. The molecule has 1 aliphatic rings. The molecule has 1 N–H and O–H groups in total. The van der Waals surface area contributed by atoms with Crippen molar-refractivity contribution in [3.05, 3.63) is 10.6 Å². The standard InChI is InChI=1S/C11H16N2O3S/c1-7-9(10(14)15)17-11(12-7)13-5-3-4-8(6-13)16-2/h8H,3-6H2,1-2H3,(H,14,15). The Morgan fingerprint density at radius 2 is 2.41 bits per heavy atom. The fourth-order valence-corrected chi connectivity index (χ4v) is 2.96. The minimum atomic E-state index is -0.897. The maximum Gasteiger partial charge on any atom is 0.347 e. The van der Waals surface area contributed by atoms with Crippen molar-refractivity contribution in [3.8, 4) is 0 Å². The molecule has 0 bridgehead atoms. The Labute approximate surface area is 104 Å². The molecule has 0 aromatic carbocycles. The van der Waals surface area contributed by atoms with Crippen LogP contribution in [0.15, 0.2) is 0 Å². The van der Waals surface area contributed by atoms with Gasteiger partial charge in [0.15, 0.2) is 5.13 Å². The van der Waals surface area contributed by atoms with Crippen LogP contribution in [0.4, 0.5) is 5.13 Å². The third-order valence-corrected chi connectivity index (χ3v) is 4.17. The normalized spacial score (nSPS) is 20.6. The van der Waals surface area contributed by atoms with E-state index in [1.54, 1.807) is 14.0 Å². The van der Waals surface area contributed by atoms with E-state index in [9.17, 15) is 4.79 Å². The molecule has 2 rings (SSSR count). The van der Waals surface area contributed by atoms with E-state index in [0.717, 1.165) is 31.1 Å². The number of anilines is 1. The molecule has 1 saturated heterocycles. The molecular weight excluding hydrogens is 240 g/mol. The number of carboxylic acids is 1. The summed E-state index contributed by atoms with van der Waals surface area (Å²) in [5.74, 6) is -0.897. The molecule has 2 heterocycles. The topological polar surface area (TPSA) is 62.7 Å². The van der Waals surface area contributed by atoms with Crippen LogP contribution in [-0.4, -0.2) is 42.4 Å². The van der Waals surface area contributed by atoms with Crippen molar-refractivity contribution >= 4 is 22.4 Å². The minimum Gasteiger partial charge on any atom is -0.477 e. The molecule has 94 valence electrons. The molecule has 1 aromatic heterocycles. The van der Waals surface area contributed by atoms with Crippen molar-refractivity contribution in [2.75, 3.05) is 25.1 Å². The third-order valence-electron chi connectivity index (χ3n) is 2.96. The van der Waals surface area contributed by atoms with Crippen LogP contribution < -0.4 is 4.90 Å². The Bertz CT molecular complexity index is 419. The van der Waals surface area contributed by atoms with E-state index in [1.807, 2.05) is 0 Å². The van der Waals surface area contributed by atoms with Crippen molar-refractivity contribution in [1.29, 1.82) is 0 Å². The molecular formula is C11H16N2O3S. The van der Waals surface area contributed by atoms with E-state index in [2.05, 4.69) is 9.88 Å². The molecule has 0 saturated carbocycles. The van der Waals surface area contributed by atoms with Gasteiger partial charge in [-0.15, -0.1) is 0 Å². The van der Waals surface area contributed by atoms with Crippen LogP contribution in [0.3, 0.4) is 0 Å². The van der Waals surface area contributed by atoms with Gasteiger partial charge in [0.05, 0.1) is 11.8 Å². The highest BCUT2D eigenvalue weighted by Gasteiger charge is 2.24. The lowest BCUT2D eigenvalue weighted by atomic mass is 10.1. The van der Waals surface area contributed by atoms with Crippen LogP contribution in [0.25, 0.3) is 0 Å². The van der Waals surface area contributed by atoms with Gasteiger partial charge in [-0.05, 0) is 19.8 Å². The largest absolute Gasteiger partial charge is 0.477 e. The van der Waals surface area contributed by atoms with Gasteiger partial charge in [0.2, 0.25) is 0 Å². The van der Waals surface area contributed by atoms with Gasteiger partial charge in [-0.1, -0.05) is 11.3 Å². The van der Waals surface area contributed by atoms with Gasteiger partial charge >= 0.3 is 5.97 Å². The summed E-state index contributed by atoms with van der Waals surface area (Å²) in [5.41, 5.74) is 0.594. The second kappa shape index (κ2) is 5.01. The summed E-state index contributed by atoms with van der Waals surface area (Å²) in [4.78, 5) is 17.7. The van der Waals surface area contributed by atoms with Crippen LogP contribution in [0, 0.1) is 6.92 Å². The summed E-state index contributed by atoms with van der Waals surface area (Å²) in [5, 5.41) is 9.80. The monoisotopic (exact) mass is 256 g/mol. The highest BCUT2D eigenvalue weighted by molar-refractivity contribution is 7.17. The van der Waals surface area contributed by atoms with Gasteiger partial charge < -0.3 is 14.7 Å². The SMILES string of the molecule is COC1CCCN(c2nc(C)c(C(=O)O)s2)C1. The van der Waals surface area contributed by atoms with Crippen LogP contribution >= 0.6 is 11.3 Å². The number of hydrogen-bond donors (Lipinski definition) is 1. The summed E-state index contributed by atoms with van der Waals surface area (Å²) in [6.45, 7) is 3.45. The van der Waals surface area contributed by atoms with Gasteiger partial charge in [0, 0.05) is 20.2 Å². The van der Waals surface area contributed by atoms with Crippen molar-refractivity contribution in [2.24, 2.45) is 0 Å². The molecule has 17 heavy (non-hydrogen) atoms. The number of piperidine rings is 1. The van der Waals surface area contributed by atoms with Crippen LogP contribution in [0.2, 0.25) is 0 Å². The Kier molecular flexibility index (Phi) is 3.63. The van der Waals surface area contributed by atoms with E-state index in [4.69, 9.17) is 9.84 Å². The van der Waals surface area contributed by atoms with Crippen LogP contribution in [0.5, 0.6) is 0 Å². The number of carboxylic acid groups (broad SMARTS) is 1. The predicted molar refractivity (Wildman–Crippen MR) is 66.1 cm³/mol. The fraction of sp³-hybridized carbons (Fsp3) is 0.636. The highest BCUT2D eigenvalue weighted by atomic mass is 32.1. The molecule has 1 unspecified atom stereocenters. The molecule has 0 spiro atoms. The first-order valence-electron chi connectivity index (χ1n) is 5.60. The van der Waals surface area contributed by atoms with Gasteiger partial charge in [-0.2, -0.15) is 0 Å². The van der Waals surface area contributed by atoms with Crippen molar-refractivity contribution in [2.45, 2.75) is 25.9 Å². The molecule has 1 atom stereocenters. The number of nitrogens with zero attached hydrogens (tertiary/aromatic N) is 2. The lowest BCUT2D eigenvalue weighted by Crippen LogP contribution is -2.39. The number of aromatic carboxylic acids is 1. The van der Waals surface area contributed by atoms with Crippen molar-refractivity contribution in [3.63, 3.8) is 0 Å². The summed E-state index contributed by atoms with van der Waals surface area (Å²) in [6.07, 6.45) is 2.34. The number of aromatic nitrogens is 1. The average Bonchev–Trinajstić information content (AvgIpc) is 2.71. The predicted octanol–water partition coefficient (Wildman–Crippen LogP) is 1.76. The molecule has 0 amide bonds. The van der Waals surface area contributed by atoms with E-state index in [1.165, 1.54) is 11.3 Å². The number of aryl methyl sites for hydroxylation is 1. The minimum absolute atomic E-state index is 0.223. The van der Waals surface area contributed by atoms with Gasteiger partial charge in [-0.25, -0.2) is 9.78 Å². The van der Waals surface area contributed by atoms with Gasteiger partial charge in [0.25, 0.3) is 0 Å². The van der Waals surface area contributed by atoms with E-state index in [0.29, 0.717) is 10.6 Å². The van der Waals surface area contributed by atoms with Crippen molar-refractivity contribution in [1.82, 2.24) is 4.98 Å². The zero-order valence-electron chi connectivity index (χ0n) is 9.97. The molecule has 0 radical (unpaired) electrons. The lowest BCUT2D eigenvalue weighted by molar-refractivity contribution is 0.0701. The molecule has 6 heteroatoms. The van der Waals surface area contributed by atoms with Gasteiger partial charge in [0.1, 0.15) is 4.88 Å². The van der Waals surface area contributed by atoms with Crippen molar-refractivity contribution < 1.29 is 14.6 Å². The number of hydrogen-bond acceptors (Lipinski definition) is 5. The number of rotatable bonds is 3. The second-order valence-electron chi connectivity index (χ2n) is 4.16. The van der Waals surface area contributed by atoms with Crippen LogP contribution in [0.1, 0.15) is 28.2 Å². The molecule has 5 nitrogen and oxygen atoms in total. The van der Waals surface area contributed by atoms with Gasteiger partial charge in [-0.3, -0.25) is 0 Å². The third kappa shape index (κ3) is 2.58. The lowest BCUT2D eigenvalue weighted by Gasteiger charge is -2.31. The maximum absolute atomic E-state index is 11.0. The first-order valence-corrected chi connectivity index (χ1v) is 6.42. The number of methoxy groups -OCH3 is 1. The Balaban J connectivity index is 2.16. The first-order chi connectivity index (χ1) is 8.11. The van der Waals surface area contributed by atoms with E-state index >= 15 is 0 Å². The second-order valence-corrected chi connectivity index (χ2v) is 5.14. The smallest absolute Gasteiger partial charge is 0.347 e. The Morgan fingerprint density at radius 1 is 1.65 bits per heavy atom. The summed E-state index contributed by atoms with van der Waals surface area (Å²) >= 11 is 1.25. The van der Waals surface area contributed by atoms with Crippen LogP contribution in [-0.2, 0) is 4.74 Å². The number of ether oxygens (including phenoxy) is 1. The summed E-state index contributed by atoms with van der Waals surface area (Å²) in [7, 11) is 1.71. The Hall–Kier alpha value is -1.14. The maximum atomic E-state index is 11.0. The number of carbonyl (C=O) groups is 1. The number of thiazole rings is 1. The molecule has 1 aliphatic heterocycles. The molecule has 0 aliphatic carbocycles. The van der Waals surface area contributed by atoms with E-state index in [-0.39, 0.29) is 6.10 Å². The first kappa shape index (κ1) is 12.3. The van der Waals surface area contributed by atoms with E-state index < -0.39 is 5.97 Å².